The lowest BCUT2D eigenvalue weighted by Crippen LogP contribution is -2.55. The highest BCUT2D eigenvalue weighted by molar-refractivity contribution is 5.96. The molecule has 0 spiro atoms. The average Bonchev–Trinajstić information content (AvgIpc) is 2.45. The first kappa shape index (κ1) is 15.8. The highest BCUT2D eigenvalue weighted by atomic mass is 16.5. The summed E-state index contributed by atoms with van der Waals surface area (Å²) in [6, 6.07) is 6.53. The molecule has 0 aliphatic rings. The van der Waals surface area contributed by atoms with Gasteiger partial charge in [0.05, 0.1) is 12.8 Å². The lowest BCUT2D eigenvalue weighted by atomic mass is 10.00. The highest BCUT2D eigenvalue weighted by Gasteiger charge is 2.34. The van der Waals surface area contributed by atoms with E-state index in [9.17, 15) is 14.7 Å². The first-order valence-corrected chi connectivity index (χ1v) is 6.28. The van der Waals surface area contributed by atoms with Crippen molar-refractivity contribution in [3.05, 3.63) is 24.3 Å². The Morgan fingerprint density at radius 1 is 1.40 bits per heavy atom. The zero-order chi connectivity index (χ0) is 15.3. The fraction of sp³-hybridized carbons (Fsp3) is 0.429. The highest BCUT2D eigenvalue weighted by Crippen LogP contribution is 2.26. The van der Waals surface area contributed by atoms with E-state index in [0.717, 1.165) is 0 Å². The van der Waals surface area contributed by atoms with Gasteiger partial charge in [-0.25, -0.2) is 9.59 Å². The summed E-state index contributed by atoms with van der Waals surface area (Å²) in [4.78, 5) is 24.7. The summed E-state index contributed by atoms with van der Waals surface area (Å²) >= 11 is 0. The minimum absolute atomic E-state index is 0.286. The Kier molecular flexibility index (Phi) is 4.96. The summed E-state index contributed by atoms with van der Waals surface area (Å²) in [5, 5.41) is 11.7. The standard InChI is InChI=1S/C14H20N2O4/c1-5-14(2,12(17)18)15-13(19)16(3)10-8-6-7-9-11(10)20-4/h6-9H,5H2,1-4H3,(H,15,19)(H,17,18). The number of carbonyl (C=O) groups excluding carboxylic acids is 1. The summed E-state index contributed by atoms with van der Waals surface area (Å²) in [5.41, 5.74) is -0.732. The molecule has 1 atom stereocenters. The van der Waals surface area contributed by atoms with Gasteiger partial charge in [-0.1, -0.05) is 19.1 Å². The van der Waals surface area contributed by atoms with Crippen LogP contribution in [0.25, 0.3) is 0 Å². The van der Waals surface area contributed by atoms with Crippen molar-refractivity contribution < 1.29 is 19.4 Å². The van der Waals surface area contributed by atoms with E-state index >= 15 is 0 Å². The van der Waals surface area contributed by atoms with Crippen LogP contribution in [0, 0.1) is 0 Å². The van der Waals surface area contributed by atoms with Crippen molar-refractivity contribution >= 4 is 17.7 Å². The molecule has 0 aliphatic heterocycles. The molecule has 0 aromatic heterocycles. The predicted octanol–water partition coefficient (Wildman–Crippen LogP) is 2.09. The molecule has 20 heavy (non-hydrogen) atoms. The van der Waals surface area contributed by atoms with E-state index in [-0.39, 0.29) is 6.42 Å². The second-order valence-electron chi connectivity index (χ2n) is 4.65. The van der Waals surface area contributed by atoms with E-state index in [1.165, 1.54) is 18.9 Å². The number of nitrogens with one attached hydrogen (secondary N) is 1. The second kappa shape index (κ2) is 6.27. The summed E-state index contributed by atoms with van der Waals surface area (Å²) in [6.45, 7) is 3.18. The Hall–Kier alpha value is -2.24. The summed E-state index contributed by atoms with van der Waals surface area (Å²) in [5.74, 6) is -0.527. The molecule has 2 N–H and O–H groups in total. The van der Waals surface area contributed by atoms with Crippen molar-refractivity contribution in [2.45, 2.75) is 25.8 Å². The van der Waals surface area contributed by atoms with E-state index < -0.39 is 17.5 Å². The summed E-state index contributed by atoms with van der Waals surface area (Å²) in [7, 11) is 3.07. The number of nitrogens with zero attached hydrogens (tertiary/aromatic N) is 1. The summed E-state index contributed by atoms with van der Waals surface area (Å²) < 4.78 is 5.18. The van der Waals surface area contributed by atoms with E-state index in [4.69, 9.17) is 4.74 Å². The third kappa shape index (κ3) is 3.20. The molecule has 0 heterocycles. The monoisotopic (exact) mass is 280 g/mol. The number of carbonyl (C=O) groups is 2. The fourth-order valence-corrected chi connectivity index (χ4v) is 1.63. The zero-order valence-electron chi connectivity index (χ0n) is 12.1. The molecule has 1 aromatic rings. The number of methoxy groups -OCH3 is 1. The number of aliphatic carboxylic acids is 1. The van der Waals surface area contributed by atoms with Crippen LogP contribution in [-0.2, 0) is 4.79 Å². The quantitative estimate of drug-likeness (QED) is 0.865. The maximum Gasteiger partial charge on any atom is 0.329 e. The van der Waals surface area contributed by atoms with Crippen molar-refractivity contribution in [3.63, 3.8) is 0 Å². The Labute approximate surface area is 118 Å². The van der Waals surface area contributed by atoms with Gasteiger partial charge in [0.2, 0.25) is 0 Å². The minimum atomic E-state index is -1.30. The Morgan fingerprint density at radius 3 is 2.50 bits per heavy atom. The van der Waals surface area contributed by atoms with Gasteiger partial charge in [0, 0.05) is 7.05 Å². The molecule has 110 valence electrons. The van der Waals surface area contributed by atoms with Crippen molar-refractivity contribution in [1.29, 1.82) is 0 Å². The number of benzene rings is 1. The van der Waals surface area contributed by atoms with Crippen LogP contribution in [0.1, 0.15) is 20.3 Å². The van der Waals surface area contributed by atoms with Gasteiger partial charge in [-0.05, 0) is 25.5 Å². The van der Waals surface area contributed by atoms with Gasteiger partial charge in [-0.2, -0.15) is 0 Å². The Morgan fingerprint density at radius 2 is 2.00 bits per heavy atom. The smallest absolute Gasteiger partial charge is 0.329 e. The van der Waals surface area contributed by atoms with Crippen LogP contribution in [0.2, 0.25) is 0 Å². The molecule has 0 saturated heterocycles. The van der Waals surface area contributed by atoms with Crippen molar-refractivity contribution in [3.8, 4) is 5.75 Å². The first-order chi connectivity index (χ1) is 9.35. The van der Waals surface area contributed by atoms with Crippen molar-refractivity contribution in [2.24, 2.45) is 0 Å². The number of carboxylic acid groups (broad SMARTS) is 1. The molecule has 1 aromatic carbocycles. The average molecular weight is 280 g/mol. The van der Waals surface area contributed by atoms with Gasteiger partial charge in [0.1, 0.15) is 11.3 Å². The number of urea groups is 1. The fourth-order valence-electron chi connectivity index (χ4n) is 1.63. The van der Waals surface area contributed by atoms with Crippen LogP contribution < -0.4 is 15.0 Å². The molecule has 6 nitrogen and oxygen atoms in total. The van der Waals surface area contributed by atoms with Crippen molar-refractivity contribution in [1.82, 2.24) is 5.32 Å². The van der Waals surface area contributed by atoms with E-state index in [0.29, 0.717) is 11.4 Å². The lowest BCUT2D eigenvalue weighted by molar-refractivity contribution is -0.143. The number of ether oxygens (including phenoxy) is 1. The Balaban J connectivity index is 2.95. The van der Waals surface area contributed by atoms with Crippen LogP contribution in [0.15, 0.2) is 24.3 Å². The number of hydrogen-bond acceptors (Lipinski definition) is 3. The number of rotatable bonds is 5. The molecule has 0 saturated carbocycles. The minimum Gasteiger partial charge on any atom is -0.495 e. The number of carboxylic acids is 1. The first-order valence-electron chi connectivity index (χ1n) is 6.28. The summed E-state index contributed by atoms with van der Waals surface area (Å²) in [6.07, 6.45) is 0.286. The lowest BCUT2D eigenvalue weighted by Gasteiger charge is -2.28. The van der Waals surface area contributed by atoms with Crippen LogP contribution in [0.5, 0.6) is 5.75 Å². The topological polar surface area (TPSA) is 78.9 Å². The molecule has 6 heteroatoms. The van der Waals surface area contributed by atoms with Crippen molar-refractivity contribution in [2.75, 3.05) is 19.1 Å². The molecule has 0 bridgehead atoms. The molecule has 1 unspecified atom stereocenters. The molecule has 2 amide bonds. The van der Waals surface area contributed by atoms with Gasteiger partial charge in [0.15, 0.2) is 0 Å². The number of amides is 2. The van der Waals surface area contributed by atoms with Crippen LogP contribution in [0.4, 0.5) is 10.5 Å². The van der Waals surface area contributed by atoms with Gasteiger partial charge >= 0.3 is 12.0 Å². The zero-order valence-corrected chi connectivity index (χ0v) is 12.1. The van der Waals surface area contributed by atoms with Gasteiger partial charge < -0.3 is 15.2 Å². The molecule has 0 radical (unpaired) electrons. The van der Waals surface area contributed by atoms with Crippen LogP contribution >= 0.6 is 0 Å². The SMILES string of the molecule is CCC(C)(NC(=O)N(C)c1ccccc1OC)C(=O)O. The number of para-hydroxylation sites is 2. The molecule has 1 rings (SSSR count). The number of hydrogen-bond donors (Lipinski definition) is 2. The third-order valence-electron chi connectivity index (χ3n) is 3.31. The molecule has 0 aliphatic carbocycles. The largest absolute Gasteiger partial charge is 0.495 e. The second-order valence-corrected chi connectivity index (χ2v) is 4.65. The van der Waals surface area contributed by atoms with Crippen LogP contribution in [-0.4, -0.2) is 36.8 Å². The predicted molar refractivity (Wildman–Crippen MR) is 76.3 cm³/mol. The maximum absolute atomic E-state index is 12.2. The molecular formula is C14H20N2O4. The van der Waals surface area contributed by atoms with E-state index in [1.54, 1.807) is 38.2 Å². The molecule has 0 fully saturated rings. The van der Waals surface area contributed by atoms with Crippen LogP contribution in [0.3, 0.4) is 0 Å². The maximum atomic E-state index is 12.2. The van der Waals surface area contributed by atoms with Gasteiger partial charge in [-0.3, -0.25) is 4.90 Å². The van der Waals surface area contributed by atoms with Gasteiger partial charge in [0.25, 0.3) is 0 Å². The van der Waals surface area contributed by atoms with E-state index in [1.807, 2.05) is 0 Å². The normalized spacial score (nSPS) is 13.2. The van der Waals surface area contributed by atoms with Gasteiger partial charge in [-0.15, -0.1) is 0 Å². The van der Waals surface area contributed by atoms with E-state index in [2.05, 4.69) is 5.32 Å². The Bertz CT molecular complexity index is 504. The molecular weight excluding hydrogens is 260 g/mol. The number of anilines is 1. The third-order valence-corrected chi connectivity index (χ3v) is 3.31.